The van der Waals surface area contributed by atoms with Crippen molar-refractivity contribution in [1.82, 2.24) is 5.32 Å². The summed E-state index contributed by atoms with van der Waals surface area (Å²) in [6.45, 7) is 1.82. The molecule has 1 heterocycles. The van der Waals surface area contributed by atoms with E-state index in [2.05, 4.69) is 5.32 Å². The Morgan fingerprint density at radius 1 is 1.37 bits per heavy atom. The maximum Gasteiger partial charge on any atom is 0.251 e. The van der Waals surface area contributed by atoms with Crippen LogP contribution in [0.1, 0.15) is 29.1 Å². The summed E-state index contributed by atoms with van der Waals surface area (Å²) in [6, 6.07) is 6.25. The van der Waals surface area contributed by atoms with Crippen LogP contribution >= 0.6 is 23.2 Å². The van der Waals surface area contributed by atoms with Gasteiger partial charge < -0.3 is 15.5 Å². The minimum atomic E-state index is -0.298. The minimum Gasteiger partial charge on any atom is -0.467 e. The van der Waals surface area contributed by atoms with Gasteiger partial charge in [-0.2, -0.15) is 0 Å². The van der Waals surface area contributed by atoms with Gasteiger partial charge >= 0.3 is 0 Å². The zero-order valence-electron chi connectivity index (χ0n) is 10.1. The zero-order valence-corrected chi connectivity index (χ0v) is 11.6. The van der Waals surface area contributed by atoms with Gasteiger partial charge in [0, 0.05) is 5.56 Å². The first kappa shape index (κ1) is 13.8. The van der Waals surface area contributed by atoms with Gasteiger partial charge in [-0.3, -0.25) is 4.79 Å². The van der Waals surface area contributed by atoms with Gasteiger partial charge in [0.15, 0.2) is 0 Å². The fourth-order valence-electron chi connectivity index (χ4n) is 1.60. The number of nitrogens with one attached hydrogen (secondary N) is 1. The molecule has 19 heavy (non-hydrogen) atoms. The Morgan fingerprint density at radius 2 is 2.00 bits per heavy atom. The second-order valence-corrected chi connectivity index (χ2v) is 4.88. The number of nitrogens with two attached hydrogens (primary N) is 1. The summed E-state index contributed by atoms with van der Waals surface area (Å²) < 4.78 is 5.21. The molecule has 0 aliphatic carbocycles. The molecule has 1 atom stereocenters. The molecule has 0 saturated carbocycles. The first-order valence-electron chi connectivity index (χ1n) is 5.58. The highest BCUT2D eigenvalue weighted by Crippen LogP contribution is 2.29. The van der Waals surface area contributed by atoms with Crippen LogP contribution in [0.15, 0.2) is 34.9 Å². The van der Waals surface area contributed by atoms with Crippen LogP contribution in [0.4, 0.5) is 5.69 Å². The highest BCUT2D eigenvalue weighted by molar-refractivity contribution is 6.39. The predicted molar refractivity (Wildman–Crippen MR) is 75.5 cm³/mol. The van der Waals surface area contributed by atoms with Crippen molar-refractivity contribution < 1.29 is 9.21 Å². The molecule has 4 nitrogen and oxygen atoms in total. The van der Waals surface area contributed by atoms with Gasteiger partial charge in [0.05, 0.1) is 28.0 Å². The lowest BCUT2D eigenvalue weighted by Crippen LogP contribution is -2.26. The van der Waals surface area contributed by atoms with Crippen molar-refractivity contribution in [3.63, 3.8) is 0 Å². The van der Waals surface area contributed by atoms with Crippen LogP contribution in [0.5, 0.6) is 0 Å². The second kappa shape index (κ2) is 5.55. The van der Waals surface area contributed by atoms with Crippen molar-refractivity contribution in [2.45, 2.75) is 13.0 Å². The number of rotatable bonds is 3. The zero-order chi connectivity index (χ0) is 14.0. The number of carbonyl (C=O) groups is 1. The van der Waals surface area contributed by atoms with Crippen molar-refractivity contribution in [3.8, 4) is 0 Å². The summed E-state index contributed by atoms with van der Waals surface area (Å²) in [4.78, 5) is 12.1. The molecule has 0 fully saturated rings. The van der Waals surface area contributed by atoms with Crippen LogP contribution in [0.2, 0.25) is 10.0 Å². The molecule has 0 aliphatic rings. The van der Waals surface area contributed by atoms with Crippen molar-refractivity contribution in [2.75, 3.05) is 5.73 Å². The first-order chi connectivity index (χ1) is 8.99. The van der Waals surface area contributed by atoms with Crippen LogP contribution in [0.3, 0.4) is 0 Å². The summed E-state index contributed by atoms with van der Waals surface area (Å²) in [6.07, 6.45) is 1.55. The standard InChI is InChI=1S/C13H12Cl2N2O2/c1-7(11-3-2-4-19-11)17-13(18)8-5-9(14)12(16)10(15)6-8/h2-7H,16H2,1H3,(H,17,18)/t7-/m1/s1. The molecule has 1 aromatic heterocycles. The fraction of sp³-hybridized carbons (Fsp3) is 0.154. The molecule has 0 radical (unpaired) electrons. The topological polar surface area (TPSA) is 68.3 Å². The largest absolute Gasteiger partial charge is 0.467 e. The van der Waals surface area contributed by atoms with Crippen molar-refractivity contribution >= 4 is 34.8 Å². The normalized spacial score (nSPS) is 12.2. The lowest BCUT2D eigenvalue weighted by atomic mass is 10.1. The number of nitrogen functional groups attached to an aromatic ring is 1. The summed E-state index contributed by atoms with van der Waals surface area (Å²) in [5.41, 5.74) is 6.23. The average Bonchev–Trinajstić information content (AvgIpc) is 2.89. The third-order valence-electron chi connectivity index (χ3n) is 2.66. The smallest absolute Gasteiger partial charge is 0.251 e. The van der Waals surface area contributed by atoms with E-state index in [1.807, 2.05) is 6.92 Å². The third kappa shape index (κ3) is 3.03. The molecule has 0 saturated heterocycles. The highest BCUT2D eigenvalue weighted by Gasteiger charge is 2.15. The molecule has 1 aromatic carbocycles. The summed E-state index contributed by atoms with van der Waals surface area (Å²) in [5.74, 6) is 0.369. The molecule has 0 aliphatic heterocycles. The Hall–Kier alpha value is -1.65. The maximum atomic E-state index is 12.1. The molecule has 2 aromatic rings. The first-order valence-corrected chi connectivity index (χ1v) is 6.33. The van der Waals surface area contributed by atoms with Gasteiger partial charge in [-0.15, -0.1) is 0 Å². The van der Waals surface area contributed by atoms with E-state index < -0.39 is 0 Å². The van der Waals surface area contributed by atoms with Crippen LogP contribution in [0.25, 0.3) is 0 Å². The summed E-state index contributed by atoms with van der Waals surface area (Å²) in [7, 11) is 0. The van der Waals surface area contributed by atoms with Crippen molar-refractivity contribution in [1.29, 1.82) is 0 Å². The summed E-state index contributed by atoms with van der Waals surface area (Å²) >= 11 is 11.8. The maximum absolute atomic E-state index is 12.1. The van der Waals surface area contributed by atoms with E-state index in [-0.39, 0.29) is 27.7 Å². The Balaban J connectivity index is 2.16. The van der Waals surface area contributed by atoms with Crippen molar-refractivity contribution in [2.24, 2.45) is 0 Å². The quantitative estimate of drug-likeness (QED) is 0.850. The molecular weight excluding hydrogens is 287 g/mol. The average molecular weight is 299 g/mol. The Labute approximate surface area is 120 Å². The minimum absolute atomic E-state index is 0.252. The van der Waals surface area contributed by atoms with Crippen LogP contribution in [-0.2, 0) is 0 Å². The van der Waals surface area contributed by atoms with E-state index in [4.69, 9.17) is 33.4 Å². The molecule has 3 N–H and O–H groups in total. The van der Waals surface area contributed by atoms with Crippen LogP contribution < -0.4 is 11.1 Å². The predicted octanol–water partition coefficient (Wildman–Crippen LogP) is 3.66. The van der Waals surface area contributed by atoms with Gasteiger partial charge in [-0.25, -0.2) is 0 Å². The Bertz CT molecular complexity index is 574. The molecule has 100 valence electrons. The molecule has 0 bridgehead atoms. The summed E-state index contributed by atoms with van der Waals surface area (Å²) in [5, 5.41) is 3.29. The van der Waals surface area contributed by atoms with E-state index >= 15 is 0 Å². The number of benzene rings is 1. The molecule has 0 spiro atoms. The van der Waals surface area contributed by atoms with Gasteiger partial charge in [-0.1, -0.05) is 23.2 Å². The van der Waals surface area contributed by atoms with Crippen LogP contribution in [0, 0.1) is 0 Å². The molecule has 1 amide bonds. The highest BCUT2D eigenvalue weighted by atomic mass is 35.5. The number of hydrogen-bond acceptors (Lipinski definition) is 3. The number of halogens is 2. The van der Waals surface area contributed by atoms with E-state index in [1.165, 1.54) is 12.1 Å². The molecule has 6 heteroatoms. The lowest BCUT2D eigenvalue weighted by molar-refractivity contribution is 0.0935. The van der Waals surface area contributed by atoms with Crippen molar-refractivity contribution in [3.05, 3.63) is 51.9 Å². The second-order valence-electron chi connectivity index (χ2n) is 4.06. The molecule has 2 rings (SSSR count). The van der Waals surface area contributed by atoms with E-state index in [9.17, 15) is 4.79 Å². The number of hydrogen-bond donors (Lipinski definition) is 2. The Morgan fingerprint density at radius 3 is 2.53 bits per heavy atom. The molecular formula is C13H12Cl2N2O2. The fourth-order valence-corrected chi connectivity index (χ4v) is 2.09. The number of amides is 1. The van der Waals surface area contributed by atoms with Gasteiger partial charge in [0.1, 0.15) is 5.76 Å². The third-order valence-corrected chi connectivity index (χ3v) is 3.28. The van der Waals surface area contributed by atoms with Gasteiger partial charge in [0.2, 0.25) is 0 Å². The molecule has 0 unspecified atom stereocenters. The number of carbonyl (C=O) groups excluding carboxylic acids is 1. The van der Waals surface area contributed by atoms with E-state index in [0.717, 1.165) is 0 Å². The Kier molecular flexibility index (Phi) is 4.02. The van der Waals surface area contributed by atoms with Gasteiger partial charge in [-0.05, 0) is 31.2 Å². The monoisotopic (exact) mass is 298 g/mol. The van der Waals surface area contributed by atoms with E-state index in [0.29, 0.717) is 11.3 Å². The SMILES string of the molecule is C[C@@H](NC(=O)c1cc(Cl)c(N)c(Cl)c1)c1ccco1. The number of furan rings is 1. The van der Waals surface area contributed by atoms with Gasteiger partial charge in [0.25, 0.3) is 5.91 Å². The lowest BCUT2D eigenvalue weighted by Gasteiger charge is -2.12. The van der Waals surface area contributed by atoms with Crippen LogP contribution in [-0.4, -0.2) is 5.91 Å². The van der Waals surface area contributed by atoms with E-state index in [1.54, 1.807) is 18.4 Å². The number of anilines is 1.